The minimum Gasteiger partial charge on any atom is -0.495 e. The second-order valence-electron chi connectivity index (χ2n) is 5.85. The molecule has 0 aliphatic heterocycles. The lowest BCUT2D eigenvalue weighted by Crippen LogP contribution is -2.18. The Bertz CT molecular complexity index is 421. The molecule has 1 fully saturated rings. The van der Waals surface area contributed by atoms with Gasteiger partial charge in [-0.2, -0.15) is 0 Å². The van der Waals surface area contributed by atoms with Gasteiger partial charge in [-0.3, -0.25) is 0 Å². The predicted octanol–water partition coefficient (Wildman–Crippen LogP) is 5.62. The van der Waals surface area contributed by atoms with E-state index in [0.29, 0.717) is 6.04 Å². The molecule has 2 atom stereocenters. The van der Waals surface area contributed by atoms with Crippen molar-refractivity contribution in [2.75, 3.05) is 12.4 Å². The normalized spacial score (nSPS) is 23.1. The summed E-state index contributed by atoms with van der Waals surface area (Å²) in [6, 6.07) is 6.87. The van der Waals surface area contributed by atoms with E-state index in [1.807, 2.05) is 0 Å². The van der Waals surface area contributed by atoms with Crippen molar-refractivity contribution in [3.8, 4) is 5.75 Å². The molecule has 0 heterocycles. The smallest absolute Gasteiger partial charge is 0.135 e. The van der Waals surface area contributed by atoms with Crippen LogP contribution >= 0.6 is 15.9 Å². The van der Waals surface area contributed by atoms with E-state index in [4.69, 9.17) is 4.74 Å². The zero-order chi connectivity index (χ0) is 14.4. The molecule has 20 heavy (non-hydrogen) atoms. The molecule has 1 aromatic rings. The number of halogens is 1. The van der Waals surface area contributed by atoms with Gasteiger partial charge in [0.2, 0.25) is 0 Å². The Morgan fingerprint density at radius 2 is 2.10 bits per heavy atom. The first-order chi connectivity index (χ1) is 9.72. The molecule has 0 aromatic heterocycles. The van der Waals surface area contributed by atoms with Crippen LogP contribution in [0.25, 0.3) is 0 Å². The van der Waals surface area contributed by atoms with Crippen molar-refractivity contribution in [2.45, 2.75) is 57.9 Å². The second-order valence-corrected chi connectivity index (χ2v) is 6.71. The Morgan fingerprint density at radius 3 is 2.85 bits per heavy atom. The van der Waals surface area contributed by atoms with Crippen LogP contribution in [0, 0.1) is 5.92 Å². The van der Waals surface area contributed by atoms with Gasteiger partial charge in [0.1, 0.15) is 5.75 Å². The summed E-state index contributed by atoms with van der Waals surface area (Å²) in [6.07, 6.45) is 9.46. The third kappa shape index (κ3) is 4.41. The van der Waals surface area contributed by atoms with E-state index in [-0.39, 0.29) is 0 Å². The van der Waals surface area contributed by atoms with Crippen molar-refractivity contribution < 1.29 is 4.74 Å². The van der Waals surface area contributed by atoms with Gasteiger partial charge < -0.3 is 10.1 Å². The maximum atomic E-state index is 5.36. The first kappa shape index (κ1) is 15.7. The fraction of sp³-hybridized carbons (Fsp3) is 0.647. The van der Waals surface area contributed by atoms with E-state index < -0.39 is 0 Å². The van der Waals surface area contributed by atoms with E-state index in [9.17, 15) is 0 Å². The van der Waals surface area contributed by atoms with Crippen LogP contribution in [0.15, 0.2) is 22.7 Å². The molecule has 0 amide bonds. The molecule has 3 heteroatoms. The van der Waals surface area contributed by atoms with Gasteiger partial charge in [0.05, 0.1) is 11.6 Å². The summed E-state index contributed by atoms with van der Waals surface area (Å²) >= 11 is 3.50. The maximum Gasteiger partial charge on any atom is 0.135 e. The zero-order valence-electron chi connectivity index (χ0n) is 12.6. The van der Waals surface area contributed by atoms with Crippen LogP contribution < -0.4 is 10.1 Å². The van der Waals surface area contributed by atoms with Crippen LogP contribution in [0.2, 0.25) is 0 Å². The monoisotopic (exact) mass is 339 g/mol. The average Bonchev–Trinajstić information content (AvgIpc) is 2.67. The standard InChI is InChI=1S/C17H26BrNO/c1-3-5-13-6-4-7-14(9-8-13)19-15-10-11-16(18)17(12-15)20-2/h10-14,19H,3-9H2,1-2H3. The molecule has 0 radical (unpaired) electrons. The minimum atomic E-state index is 0.614. The lowest BCUT2D eigenvalue weighted by atomic mass is 9.95. The molecule has 2 unspecified atom stereocenters. The van der Waals surface area contributed by atoms with Gasteiger partial charge >= 0.3 is 0 Å². The van der Waals surface area contributed by atoms with Crippen molar-refractivity contribution in [1.29, 1.82) is 0 Å². The Hall–Kier alpha value is -0.700. The summed E-state index contributed by atoms with van der Waals surface area (Å²) in [7, 11) is 1.71. The SMILES string of the molecule is CCCC1CCCC(Nc2ccc(Br)c(OC)c2)CC1. The fourth-order valence-electron chi connectivity index (χ4n) is 3.21. The van der Waals surface area contributed by atoms with Crippen molar-refractivity contribution in [3.63, 3.8) is 0 Å². The molecule has 1 saturated carbocycles. The number of rotatable bonds is 5. The number of hydrogen-bond donors (Lipinski definition) is 1. The summed E-state index contributed by atoms with van der Waals surface area (Å²) in [6.45, 7) is 2.30. The molecular weight excluding hydrogens is 314 g/mol. The highest BCUT2D eigenvalue weighted by Gasteiger charge is 2.18. The van der Waals surface area contributed by atoms with Gasteiger partial charge in [-0.25, -0.2) is 0 Å². The van der Waals surface area contributed by atoms with Crippen LogP contribution in [0.3, 0.4) is 0 Å². The molecule has 112 valence electrons. The van der Waals surface area contributed by atoms with E-state index >= 15 is 0 Å². The Labute approximate surface area is 131 Å². The number of methoxy groups -OCH3 is 1. The molecule has 0 bridgehead atoms. The molecule has 0 saturated heterocycles. The topological polar surface area (TPSA) is 21.3 Å². The summed E-state index contributed by atoms with van der Waals surface area (Å²) in [5.41, 5.74) is 1.17. The number of anilines is 1. The largest absolute Gasteiger partial charge is 0.495 e. The second kappa shape index (κ2) is 7.92. The van der Waals surface area contributed by atoms with E-state index in [1.165, 1.54) is 50.6 Å². The Kier molecular flexibility index (Phi) is 6.21. The average molecular weight is 340 g/mol. The van der Waals surface area contributed by atoms with Gasteiger partial charge in [-0.05, 0) is 53.2 Å². The molecule has 1 aromatic carbocycles. The summed E-state index contributed by atoms with van der Waals surface area (Å²) in [5, 5.41) is 3.68. The highest BCUT2D eigenvalue weighted by molar-refractivity contribution is 9.10. The summed E-state index contributed by atoms with van der Waals surface area (Å²) in [4.78, 5) is 0. The molecule has 2 nitrogen and oxygen atoms in total. The summed E-state index contributed by atoms with van der Waals surface area (Å²) < 4.78 is 6.37. The zero-order valence-corrected chi connectivity index (χ0v) is 14.2. The highest BCUT2D eigenvalue weighted by Crippen LogP contribution is 2.31. The maximum absolute atomic E-state index is 5.36. The first-order valence-electron chi connectivity index (χ1n) is 7.83. The molecule has 1 aliphatic rings. The minimum absolute atomic E-state index is 0.614. The van der Waals surface area contributed by atoms with E-state index in [2.05, 4.69) is 46.4 Å². The fourth-order valence-corrected chi connectivity index (χ4v) is 3.61. The van der Waals surface area contributed by atoms with Crippen LogP contribution in [0.5, 0.6) is 5.75 Å². The number of benzene rings is 1. The lowest BCUT2D eigenvalue weighted by Gasteiger charge is -2.19. The van der Waals surface area contributed by atoms with E-state index in [1.54, 1.807) is 7.11 Å². The van der Waals surface area contributed by atoms with Gasteiger partial charge in [0, 0.05) is 17.8 Å². The van der Waals surface area contributed by atoms with E-state index in [0.717, 1.165) is 16.1 Å². The van der Waals surface area contributed by atoms with Crippen molar-refractivity contribution in [1.82, 2.24) is 0 Å². The third-order valence-electron chi connectivity index (χ3n) is 4.31. The molecular formula is C17H26BrNO. The Balaban J connectivity index is 1.93. The van der Waals surface area contributed by atoms with Crippen LogP contribution in [-0.2, 0) is 0 Å². The number of ether oxygens (including phenoxy) is 1. The Morgan fingerprint density at radius 1 is 1.25 bits per heavy atom. The van der Waals surface area contributed by atoms with Gasteiger partial charge in [-0.15, -0.1) is 0 Å². The van der Waals surface area contributed by atoms with Crippen molar-refractivity contribution >= 4 is 21.6 Å². The van der Waals surface area contributed by atoms with Gasteiger partial charge in [-0.1, -0.05) is 32.6 Å². The molecule has 2 rings (SSSR count). The molecule has 1 aliphatic carbocycles. The lowest BCUT2D eigenvalue weighted by molar-refractivity contribution is 0.412. The number of nitrogens with one attached hydrogen (secondary N) is 1. The first-order valence-corrected chi connectivity index (χ1v) is 8.62. The summed E-state index contributed by atoms with van der Waals surface area (Å²) in [5.74, 6) is 1.85. The van der Waals surface area contributed by atoms with Crippen LogP contribution in [0.4, 0.5) is 5.69 Å². The van der Waals surface area contributed by atoms with Crippen LogP contribution in [0.1, 0.15) is 51.9 Å². The van der Waals surface area contributed by atoms with Crippen molar-refractivity contribution in [3.05, 3.63) is 22.7 Å². The highest BCUT2D eigenvalue weighted by atomic mass is 79.9. The van der Waals surface area contributed by atoms with Gasteiger partial charge in [0.25, 0.3) is 0 Å². The molecule has 0 spiro atoms. The third-order valence-corrected chi connectivity index (χ3v) is 4.96. The van der Waals surface area contributed by atoms with Crippen LogP contribution in [-0.4, -0.2) is 13.2 Å². The van der Waals surface area contributed by atoms with Gasteiger partial charge in [0.15, 0.2) is 0 Å². The molecule has 1 N–H and O–H groups in total. The number of hydrogen-bond acceptors (Lipinski definition) is 2. The quantitative estimate of drug-likeness (QED) is 0.703. The predicted molar refractivity (Wildman–Crippen MR) is 89.6 cm³/mol. The van der Waals surface area contributed by atoms with Crippen molar-refractivity contribution in [2.24, 2.45) is 5.92 Å².